The molecular weight excluding hydrogens is 416 g/mol. The third kappa shape index (κ3) is 3.66. The first-order valence-corrected chi connectivity index (χ1v) is 8.45. The van der Waals surface area contributed by atoms with Crippen molar-refractivity contribution in [3.8, 4) is 11.5 Å². The van der Waals surface area contributed by atoms with Crippen molar-refractivity contribution in [3.63, 3.8) is 0 Å². The van der Waals surface area contributed by atoms with Gasteiger partial charge in [0.1, 0.15) is 10.6 Å². The van der Waals surface area contributed by atoms with E-state index in [1.807, 2.05) is 4.72 Å². The molecule has 3 N–H and O–H groups in total. The van der Waals surface area contributed by atoms with Crippen molar-refractivity contribution in [3.05, 3.63) is 49.9 Å². The van der Waals surface area contributed by atoms with Crippen LogP contribution in [0.2, 0.25) is 5.02 Å². The molecule has 0 spiro atoms. The molecule has 0 unspecified atom stereocenters. The predicted octanol–water partition coefficient (Wildman–Crippen LogP) is 3.22. The molecular formula is C12H8BrClN2O6S. The molecule has 0 saturated carbocycles. The summed E-state index contributed by atoms with van der Waals surface area (Å²) in [6.07, 6.45) is 0. The lowest BCUT2D eigenvalue weighted by atomic mass is 10.2. The number of nitrogens with one attached hydrogen (secondary N) is 1. The first-order chi connectivity index (χ1) is 10.6. The number of hydrogen-bond donors (Lipinski definition) is 3. The number of anilines is 1. The van der Waals surface area contributed by atoms with E-state index in [2.05, 4.69) is 15.9 Å². The van der Waals surface area contributed by atoms with E-state index in [4.69, 9.17) is 11.6 Å². The molecule has 0 atom stereocenters. The highest BCUT2D eigenvalue weighted by Gasteiger charge is 2.25. The molecule has 0 amide bonds. The van der Waals surface area contributed by atoms with E-state index >= 15 is 0 Å². The maximum absolute atomic E-state index is 12.3. The van der Waals surface area contributed by atoms with Crippen LogP contribution in [0.25, 0.3) is 0 Å². The second-order valence-corrected chi connectivity index (χ2v) is 7.30. The number of sulfonamides is 1. The molecule has 2 aromatic rings. The molecule has 0 saturated heterocycles. The van der Waals surface area contributed by atoms with Gasteiger partial charge in [-0.25, -0.2) is 8.42 Å². The maximum atomic E-state index is 12.3. The van der Waals surface area contributed by atoms with Crippen LogP contribution in [0.5, 0.6) is 11.5 Å². The van der Waals surface area contributed by atoms with Crippen molar-refractivity contribution in [2.75, 3.05) is 4.72 Å². The fourth-order valence-corrected chi connectivity index (χ4v) is 3.61. The lowest BCUT2D eigenvalue weighted by Crippen LogP contribution is -2.13. The van der Waals surface area contributed by atoms with Gasteiger partial charge in [0.15, 0.2) is 0 Å². The average Bonchev–Trinajstić information content (AvgIpc) is 2.44. The van der Waals surface area contributed by atoms with Crippen LogP contribution in [0.15, 0.2) is 39.7 Å². The lowest BCUT2D eigenvalue weighted by Gasteiger charge is -2.11. The summed E-state index contributed by atoms with van der Waals surface area (Å²) in [5.41, 5.74) is -1.24. The first-order valence-electron chi connectivity index (χ1n) is 5.80. The largest absolute Gasteiger partial charge is 0.507 e. The van der Waals surface area contributed by atoms with E-state index in [0.717, 1.165) is 24.3 Å². The highest BCUT2D eigenvalue weighted by atomic mass is 79.9. The zero-order valence-electron chi connectivity index (χ0n) is 11.0. The molecule has 0 heterocycles. The summed E-state index contributed by atoms with van der Waals surface area (Å²) in [5.74, 6) is -1.42. The van der Waals surface area contributed by atoms with E-state index < -0.39 is 42.7 Å². The van der Waals surface area contributed by atoms with Crippen LogP contribution in [0.1, 0.15) is 0 Å². The summed E-state index contributed by atoms with van der Waals surface area (Å²) < 4.78 is 27.0. The van der Waals surface area contributed by atoms with Gasteiger partial charge in [0.05, 0.1) is 10.6 Å². The van der Waals surface area contributed by atoms with Crippen LogP contribution >= 0.6 is 27.5 Å². The van der Waals surface area contributed by atoms with Crippen LogP contribution in [-0.4, -0.2) is 23.6 Å². The van der Waals surface area contributed by atoms with Crippen molar-refractivity contribution in [2.24, 2.45) is 0 Å². The van der Waals surface area contributed by atoms with Crippen molar-refractivity contribution in [1.29, 1.82) is 0 Å². The summed E-state index contributed by atoms with van der Waals surface area (Å²) in [6, 6.07) is 5.60. The zero-order valence-corrected chi connectivity index (χ0v) is 14.2. The van der Waals surface area contributed by atoms with Crippen LogP contribution in [-0.2, 0) is 10.0 Å². The van der Waals surface area contributed by atoms with Crippen LogP contribution in [0.4, 0.5) is 11.4 Å². The Morgan fingerprint density at radius 2 is 1.87 bits per heavy atom. The molecule has 0 fully saturated rings. The molecule has 122 valence electrons. The first kappa shape index (κ1) is 17.3. The minimum atomic E-state index is -4.32. The van der Waals surface area contributed by atoms with Crippen molar-refractivity contribution >= 4 is 48.9 Å². The van der Waals surface area contributed by atoms with Gasteiger partial charge in [-0.05, 0) is 24.3 Å². The quantitative estimate of drug-likeness (QED) is 0.393. The van der Waals surface area contributed by atoms with E-state index in [1.165, 1.54) is 6.07 Å². The minimum absolute atomic E-state index is 0.148. The normalized spacial score (nSPS) is 11.2. The zero-order chi connectivity index (χ0) is 17.4. The fourth-order valence-electron chi connectivity index (χ4n) is 1.70. The van der Waals surface area contributed by atoms with E-state index in [-0.39, 0.29) is 5.02 Å². The highest BCUT2D eigenvalue weighted by Crippen LogP contribution is 2.38. The Hall–Kier alpha value is -2.04. The van der Waals surface area contributed by atoms with Crippen molar-refractivity contribution in [1.82, 2.24) is 0 Å². The Balaban J connectivity index is 2.54. The monoisotopic (exact) mass is 422 g/mol. The number of aromatic hydroxyl groups is 2. The van der Waals surface area contributed by atoms with Gasteiger partial charge in [0, 0.05) is 15.6 Å². The minimum Gasteiger partial charge on any atom is -0.507 e. The molecule has 0 aliphatic rings. The smallest absolute Gasteiger partial charge is 0.314 e. The number of nitrogens with zero attached hydrogens (tertiary/aromatic N) is 1. The predicted molar refractivity (Wildman–Crippen MR) is 86.4 cm³/mol. The number of benzene rings is 2. The molecule has 23 heavy (non-hydrogen) atoms. The third-order valence-electron chi connectivity index (χ3n) is 2.71. The topological polar surface area (TPSA) is 130 Å². The van der Waals surface area contributed by atoms with Gasteiger partial charge in [-0.2, -0.15) is 0 Å². The Labute approximate surface area is 143 Å². The fraction of sp³-hybridized carbons (Fsp3) is 0. The van der Waals surface area contributed by atoms with Gasteiger partial charge in [-0.1, -0.05) is 27.5 Å². The third-order valence-corrected chi connectivity index (χ3v) is 4.81. The molecule has 0 aromatic heterocycles. The molecule has 0 aliphatic heterocycles. The molecule has 2 rings (SSSR count). The Morgan fingerprint density at radius 1 is 1.22 bits per heavy atom. The number of nitro benzene ring substituents is 1. The van der Waals surface area contributed by atoms with Crippen molar-refractivity contribution in [2.45, 2.75) is 4.90 Å². The van der Waals surface area contributed by atoms with E-state index in [1.54, 1.807) is 0 Å². The second kappa shape index (κ2) is 6.22. The van der Waals surface area contributed by atoms with E-state index in [0.29, 0.717) is 4.47 Å². The van der Waals surface area contributed by atoms with Crippen LogP contribution in [0, 0.1) is 10.1 Å². The number of nitro groups is 1. The van der Waals surface area contributed by atoms with Gasteiger partial charge >= 0.3 is 5.69 Å². The number of rotatable bonds is 4. The summed E-state index contributed by atoms with van der Waals surface area (Å²) in [4.78, 5) is 9.44. The summed E-state index contributed by atoms with van der Waals surface area (Å²) >= 11 is 8.76. The average molecular weight is 424 g/mol. The Bertz CT molecular complexity index is 903. The maximum Gasteiger partial charge on any atom is 0.314 e. The van der Waals surface area contributed by atoms with Gasteiger partial charge in [0.25, 0.3) is 10.0 Å². The van der Waals surface area contributed by atoms with Crippen LogP contribution in [0.3, 0.4) is 0 Å². The molecule has 0 radical (unpaired) electrons. The number of phenolic OH excluding ortho intramolecular Hbond substituents is 2. The standard InChI is InChI=1S/C12H8BrClN2O6S/c13-6-1-2-10(17)11(3-6)23(21,22)15-8-4-7(14)5-9(12(8)18)16(19)20/h1-5,15,17-18H. The van der Waals surface area contributed by atoms with Gasteiger partial charge in [-0.3, -0.25) is 14.8 Å². The molecule has 0 bridgehead atoms. The number of phenols is 2. The second-order valence-electron chi connectivity index (χ2n) is 4.30. The van der Waals surface area contributed by atoms with Crippen LogP contribution < -0.4 is 4.72 Å². The molecule has 11 heteroatoms. The summed E-state index contributed by atoms with van der Waals surface area (Å²) in [6.45, 7) is 0. The molecule has 0 aliphatic carbocycles. The number of hydrogen-bond acceptors (Lipinski definition) is 6. The lowest BCUT2D eigenvalue weighted by molar-refractivity contribution is -0.385. The van der Waals surface area contributed by atoms with Gasteiger partial charge in [0.2, 0.25) is 5.75 Å². The number of halogens is 2. The summed E-state index contributed by atoms with van der Waals surface area (Å²) in [7, 11) is -4.32. The SMILES string of the molecule is O=[N+]([O-])c1cc(Cl)cc(NS(=O)(=O)c2cc(Br)ccc2O)c1O. The van der Waals surface area contributed by atoms with Crippen molar-refractivity contribution < 1.29 is 23.6 Å². The van der Waals surface area contributed by atoms with Gasteiger partial charge in [-0.15, -0.1) is 0 Å². The Morgan fingerprint density at radius 3 is 2.48 bits per heavy atom. The molecule has 2 aromatic carbocycles. The Kier molecular flexibility index (Phi) is 4.68. The highest BCUT2D eigenvalue weighted by molar-refractivity contribution is 9.10. The van der Waals surface area contributed by atoms with E-state index in [9.17, 15) is 28.7 Å². The summed E-state index contributed by atoms with van der Waals surface area (Å²) in [5, 5.41) is 30.2. The molecule has 8 nitrogen and oxygen atoms in total. The van der Waals surface area contributed by atoms with Gasteiger partial charge < -0.3 is 10.2 Å².